The van der Waals surface area contributed by atoms with E-state index in [4.69, 9.17) is 5.84 Å². The molecule has 3 N–H and O–H groups in total. The van der Waals surface area contributed by atoms with Gasteiger partial charge in [-0.25, -0.2) is 9.66 Å². The Morgan fingerprint density at radius 1 is 1.53 bits per heavy atom. The smallest absolute Gasteiger partial charge is 0.160 e. The molecular formula is C11H12N4. The Hall–Kier alpha value is -1.97. The lowest BCUT2D eigenvalue weighted by molar-refractivity contribution is 0.934. The van der Waals surface area contributed by atoms with E-state index in [0.717, 1.165) is 22.4 Å². The Bertz CT molecular complexity index is 553. The minimum Gasteiger partial charge on any atom is -0.364 e. The lowest BCUT2D eigenvalue weighted by atomic mass is 10.1. The fourth-order valence-electron chi connectivity index (χ4n) is 1.98. The number of nitrogens with two attached hydrogens (primary N) is 1. The average Bonchev–Trinajstić information content (AvgIpc) is 2.54. The van der Waals surface area contributed by atoms with Crippen LogP contribution in [-0.2, 0) is 0 Å². The van der Waals surface area contributed by atoms with Crippen LogP contribution in [0.4, 0.5) is 5.82 Å². The molecule has 76 valence electrons. The van der Waals surface area contributed by atoms with Crippen molar-refractivity contribution in [2.24, 2.45) is 0 Å². The second-order valence-corrected chi connectivity index (χ2v) is 3.80. The van der Waals surface area contributed by atoms with Crippen LogP contribution in [0.1, 0.15) is 12.5 Å². The third-order valence-electron chi connectivity index (χ3n) is 2.72. The Balaban J connectivity index is 2.39. The second kappa shape index (κ2) is 2.76. The normalized spacial score (nSPS) is 18.9. The number of aromatic nitrogens is 2. The van der Waals surface area contributed by atoms with Gasteiger partial charge in [0.05, 0.1) is 0 Å². The van der Waals surface area contributed by atoms with E-state index < -0.39 is 0 Å². The predicted molar refractivity (Wildman–Crippen MR) is 62.0 cm³/mol. The number of hydrogen-bond acceptors (Lipinski definition) is 3. The van der Waals surface area contributed by atoms with Gasteiger partial charge in [0, 0.05) is 23.2 Å². The maximum Gasteiger partial charge on any atom is 0.160 e. The molecule has 0 aliphatic carbocycles. The SMILES string of the molecule is CC1C=Cc2c(n(N)c3ncccc23)N1. The highest BCUT2D eigenvalue weighted by molar-refractivity contribution is 5.95. The monoisotopic (exact) mass is 200 g/mol. The summed E-state index contributed by atoms with van der Waals surface area (Å²) in [6.45, 7) is 2.09. The molecule has 0 spiro atoms. The van der Waals surface area contributed by atoms with E-state index >= 15 is 0 Å². The number of anilines is 1. The maximum atomic E-state index is 5.98. The first kappa shape index (κ1) is 8.35. The Morgan fingerprint density at radius 2 is 2.40 bits per heavy atom. The molecule has 0 amide bonds. The van der Waals surface area contributed by atoms with Crippen molar-refractivity contribution < 1.29 is 0 Å². The molecule has 1 atom stereocenters. The molecule has 1 aliphatic rings. The second-order valence-electron chi connectivity index (χ2n) is 3.80. The molecule has 0 aromatic carbocycles. The van der Waals surface area contributed by atoms with Crippen molar-refractivity contribution in [1.82, 2.24) is 9.66 Å². The highest BCUT2D eigenvalue weighted by atomic mass is 15.4. The number of nitrogen functional groups attached to an aromatic ring is 1. The zero-order valence-electron chi connectivity index (χ0n) is 8.44. The van der Waals surface area contributed by atoms with Crippen molar-refractivity contribution in [3.05, 3.63) is 30.0 Å². The molecule has 15 heavy (non-hydrogen) atoms. The van der Waals surface area contributed by atoms with Crippen LogP contribution in [-0.4, -0.2) is 15.7 Å². The van der Waals surface area contributed by atoms with Crippen molar-refractivity contribution in [2.75, 3.05) is 11.2 Å². The van der Waals surface area contributed by atoms with Crippen molar-refractivity contribution in [3.63, 3.8) is 0 Å². The lowest BCUT2D eigenvalue weighted by Crippen LogP contribution is -2.21. The van der Waals surface area contributed by atoms with E-state index in [9.17, 15) is 0 Å². The van der Waals surface area contributed by atoms with Crippen LogP contribution in [0.5, 0.6) is 0 Å². The summed E-state index contributed by atoms with van der Waals surface area (Å²) in [5, 5.41) is 4.42. The molecule has 4 nitrogen and oxygen atoms in total. The highest BCUT2D eigenvalue weighted by Gasteiger charge is 2.18. The van der Waals surface area contributed by atoms with Crippen LogP contribution in [0.2, 0.25) is 0 Å². The zero-order chi connectivity index (χ0) is 10.4. The van der Waals surface area contributed by atoms with Gasteiger partial charge >= 0.3 is 0 Å². The van der Waals surface area contributed by atoms with E-state index in [1.54, 1.807) is 10.9 Å². The summed E-state index contributed by atoms with van der Waals surface area (Å²) in [4.78, 5) is 4.27. The first-order valence-corrected chi connectivity index (χ1v) is 4.96. The van der Waals surface area contributed by atoms with E-state index in [-0.39, 0.29) is 0 Å². The molecule has 2 aromatic rings. The highest BCUT2D eigenvalue weighted by Crippen LogP contribution is 2.31. The molecule has 1 aliphatic heterocycles. The van der Waals surface area contributed by atoms with Crippen molar-refractivity contribution in [1.29, 1.82) is 0 Å². The van der Waals surface area contributed by atoms with Crippen LogP contribution in [0.25, 0.3) is 17.1 Å². The van der Waals surface area contributed by atoms with Crippen molar-refractivity contribution in [2.45, 2.75) is 13.0 Å². The van der Waals surface area contributed by atoms with E-state index in [1.807, 2.05) is 12.1 Å². The number of rotatable bonds is 0. The van der Waals surface area contributed by atoms with Crippen molar-refractivity contribution in [3.8, 4) is 0 Å². The molecule has 1 unspecified atom stereocenters. The summed E-state index contributed by atoms with van der Waals surface area (Å²) in [7, 11) is 0. The van der Waals surface area contributed by atoms with Gasteiger partial charge in [0.2, 0.25) is 0 Å². The summed E-state index contributed by atoms with van der Waals surface area (Å²) in [6.07, 6.45) is 5.98. The Kier molecular flexibility index (Phi) is 1.54. The van der Waals surface area contributed by atoms with Gasteiger partial charge in [0.15, 0.2) is 5.65 Å². The number of hydrogen-bond donors (Lipinski definition) is 2. The van der Waals surface area contributed by atoms with Crippen LogP contribution in [0.15, 0.2) is 24.4 Å². The number of fused-ring (bicyclic) bond motifs is 3. The Morgan fingerprint density at radius 3 is 3.27 bits per heavy atom. The molecule has 2 aromatic heterocycles. The van der Waals surface area contributed by atoms with Gasteiger partial charge in [0.1, 0.15) is 5.82 Å². The van der Waals surface area contributed by atoms with Gasteiger partial charge in [-0.2, -0.15) is 0 Å². The van der Waals surface area contributed by atoms with Gasteiger partial charge < -0.3 is 11.2 Å². The first-order valence-electron chi connectivity index (χ1n) is 4.96. The predicted octanol–water partition coefficient (Wildman–Crippen LogP) is 1.58. The van der Waals surface area contributed by atoms with Crippen LogP contribution >= 0.6 is 0 Å². The van der Waals surface area contributed by atoms with Crippen LogP contribution in [0, 0.1) is 0 Å². The van der Waals surface area contributed by atoms with Crippen LogP contribution in [0.3, 0.4) is 0 Å². The Labute approximate surface area is 87.4 Å². The molecule has 3 heterocycles. The summed E-state index contributed by atoms with van der Waals surface area (Å²) in [5.74, 6) is 6.92. The molecule has 0 radical (unpaired) electrons. The first-order chi connectivity index (χ1) is 7.27. The van der Waals surface area contributed by atoms with Crippen LogP contribution < -0.4 is 11.2 Å². The quantitative estimate of drug-likeness (QED) is 0.635. The summed E-state index contributed by atoms with van der Waals surface area (Å²) >= 11 is 0. The molecule has 0 bridgehead atoms. The molecular weight excluding hydrogens is 188 g/mol. The number of pyridine rings is 1. The molecule has 4 heteroatoms. The molecule has 3 rings (SSSR count). The van der Waals surface area contributed by atoms with E-state index in [1.165, 1.54) is 0 Å². The minimum absolute atomic E-state index is 0.309. The standard InChI is InChI=1S/C11H12N4/c1-7-4-5-9-8-3-2-6-13-10(8)15(12)11(9)14-7/h2-7,14H,12H2,1H3. The van der Waals surface area contributed by atoms with Gasteiger partial charge in [-0.3, -0.25) is 0 Å². The van der Waals surface area contributed by atoms with Crippen molar-refractivity contribution >= 4 is 22.9 Å². The fraction of sp³-hybridized carbons (Fsp3) is 0.182. The van der Waals surface area contributed by atoms with E-state index in [0.29, 0.717) is 6.04 Å². The van der Waals surface area contributed by atoms with Gasteiger partial charge in [0.25, 0.3) is 0 Å². The minimum atomic E-state index is 0.309. The third-order valence-corrected chi connectivity index (χ3v) is 2.72. The molecule has 0 saturated heterocycles. The topological polar surface area (TPSA) is 55.9 Å². The third kappa shape index (κ3) is 1.05. The zero-order valence-corrected chi connectivity index (χ0v) is 8.44. The summed E-state index contributed by atoms with van der Waals surface area (Å²) < 4.78 is 1.62. The summed E-state index contributed by atoms with van der Waals surface area (Å²) in [6, 6.07) is 4.27. The fourth-order valence-corrected chi connectivity index (χ4v) is 1.98. The maximum absolute atomic E-state index is 5.98. The van der Waals surface area contributed by atoms with Gasteiger partial charge in [-0.1, -0.05) is 12.2 Å². The lowest BCUT2D eigenvalue weighted by Gasteiger charge is -2.16. The van der Waals surface area contributed by atoms with Gasteiger partial charge in [-0.05, 0) is 19.1 Å². The summed E-state index contributed by atoms with van der Waals surface area (Å²) in [5.41, 5.74) is 1.94. The van der Waals surface area contributed by atoms with E-state index in [2.05, 4.69) is 29.4 Å². The largest absolute Gasteiger partial charge is 0.364 e. The number of nitrogens with one attached hydrogen (secondary N) is 1. The molecule has 0 saturated carbocycles. The average molecular weight is 200 g/mol. The molecule has 0 fully saturated rings. The number of nitrogens with zero attached hydrogens (tertiary/aromatic N) is 2. The van der Waals surface area contributed by atoms with Gasteiger partial charge in [-0.15, -0.1) is 0 Å².